The summed E-state index contributed by atoms with van der Waals surface area (Å²) in [6, 6.07) is 0. The predicted octanol–water partition coefficient (Wildman–Crippen LogP) is 5.16. The number of hydrogen-bond donors (Lipinski definition) is 1. The van der Waals surface area contributed by atoms with E-state index in [1.165, 1.54) is 44.9 Å². The Morgan fingerprint density at radius 1 is 1.17 bits per heavy atom. The van der Waals surface area contributed by atoms with E-state index in [0.717, 1.165) is 11.8 Å². The quantitative estimate of drug-likeness (QED) is 0.671. The van der Waals surface area contributed by atoms with Crippen molar-refractivity contribution in [3.8, 4) is 0 Å². The molecule has 0 bridgehead atoms. The molecule has 0 aromatic rings. The third-order valence-corrected chi connectivity index (χ3v) is 7.19. The van der Waals surface area contributed by atoms with Crippen LogP contribution < -0.4 is 0 Å². The van der Waals surface area contributed by atoms with Crippen LogP contribution in [-0.2, 0) is 0 Å². The molecule has 0 aliphatic heterocycles. The number of aliphatic hydroxyl groups excluding tert-OH is 1. The highest BCUT2D eigenvalue weighted by molar-refractivity contribution is 9.10. The Hall–Kier alpha value is 0.440. The summed E-state index contributed by atoms with van der Waals surface area (Å²) in [7, 11) is 0. The zero-order valence-corrected chi connectivity index (χ0v) is 14.2. The van der Waals surface area contributed by atoms with Crippen LogP contribution in [0.15, 0.2) is 0 Å². The normalized spacial score (nSPS) is 29.0. The van der Waals surface area contributed by atoms with E-state index < -0.39 is 0 Å². The lowest BCUT2D eigenvalue weighted by Crippen LogP contribution is -2.48. The summed E-state index contributed by atoms with van der Waals surface area (Å²) in [5.74, 6) is 1.61. The number of aliphatic hydroxyl groups is 1. The first-order valence-electron chi connectivity index (χ1n) is 7.67. The van der Waals surface area contributed by atoms with Gasteiger partial charge in [-0.15, -0.1) is 0 Å². The van der Waals surface area contributed by atoms with Crippen molar-refractivity contribution in [1.29, 1.82) is 0 Å². The van der Waals surface area contributed by atoms with Crippen LogP contribution in [0.2, 0.25) is 0 Å². The zero-order valence-electron chi connectivity index (χ0n) is 12.6. The first-order valence-corrected chi connectivity index (χ1v) is 8.46. The maximum atomic E-state index is 9.78. The molecule has 0 heterocycles. The topological polar surface area (TPSA) is 20.2 Å². The predicted molar refractivity (Wildman–Crippen MR) is 83.2 cm³/mol. The second-order valence-electron chi connectivity index (χ2n) is 6.96. The Morgan fingerprint density at radius 3 is 2.17 bits per heavy atom. The standard InChI is InChI=1S/C16H31BrO/c1-5-6-11-16(17,15(3,4)12-18)14-9-7-13(2)8-10-14/h13-14,18H,5-12H2,1-4H3. The molecule has 18 heavy (non-hydrogen) atoms. The van der Waals surface area contributed by atoms with Crippen molar-refractivity contribution in [2.24, 2.45) is 17.3 Å². The first-order chi connectivity index (χ1) is 8.37. The van der Waals surface area contributed by atoms with Gasteiger partial charge in [-0.3, -0.25) is 0 Å². The minimum atomic E-state index is -0.0343. The van der Waals surface area contributed by atoms with E-state index in [0.29, 0.717) is 0 Å². The molecule has 1 nitrogen and oxygen atoms in total. The second kappa shape index (κ2) is 6.74. The van der Waals surface area contributed by atoms with E-state index in [1.807, 2.05) is 0 Å². The number of hydrogen-bond acceptors (Lipinski definition) is 1. The average Bonchev–Trinajstić information content (AvgIpc) is 2.36. The van der Waals surface area contributed by atoms with Gasteiger partial charge in [0.2, 0.25) is 0 Å². The molecule has 0 amide bonds. The highest BCUT2D eigenvalue weighted by Gasteiger charge is 2.48. The maximum Gasteiger partial charge on any atom is 0.0495 e. The van der Waals surface area contributed by atoms with Gasteiger partial charge in [0, 0.05) is 16.3 Å². The third-order valence-electron chi connectivity index (χ3n) is 5.08. The minimum Gasteiger partial charge on any atom is -0.396 e. The van der Waals surface area contributed by atoms with Gasteiger partial charge in [-0.2, -0.15) is 0 Å². The molecule has 0 spiro atoms. The molecule has 1 aliphatic carbocycles. The van der Waals surface area contributed by atoms with Crippen LogP contribution in [0.3, 0.4) is 0 Å². The Balaban J connectivity index is 2.83. The lowest BCUT2D eigenvalue weighted by Gasteiger charge is -2.49. The second-order valence-corrected chi connectivity index (χ2v) is 8.38. The molecule has 0 saturated heterocycles. The molecule has 1 rings (SSSR count). The lowest BCUT2D eigenvalue weighted by atomic mass is 9.64. The van der Waals surface area contributed by atoms with Gasteiger partial charge in [0.1, 0.15) is 0 Å². The van der Waals surface area contributed by atoms with Crippen LogP contribution in [0.4, 0.5) is 0 Å². The summed E-state index contributed by atoms with van der Waals surface area (Å²) in [5.41, 5.74) is -0.0343. The number of unbranched alkanes of at least 4 members (excludes halogenated alkanes) is 1. The highest BCUT2D eigenvalue weighted by atomic mass is 79.9. The van der Waals surface area contributed by atoms with E-state index in [1.54, 1.807) is 0 Å². The summed E-state index contributed by atoms with van der Waals surface area (Å²) in [6.07, 6.45) is 9.02. The van der Waals surface area contributed by atoms with Crippen molar-refractivity contribution in [2.75, 3.05) is 6.61 Å². The summed E-state index contributed by atoms with van der Waals surface area (Å²) >= 11 is 4.09. The summed E-state index contributed by atoms with van der Waals surface area (Å²) in [5, 5.41) is 9.78. The Kier molecular flexibility index (Phi) is 6.18. The van der Waals surface area contributed by atoms with Crippen LogP contribution in [0.5, 0.6) is 0 Å². The molecular weight excluding hydrogens is 288 g/mol. The average molecular weight is 319 g/mol. The van der Waals surface area contributed by atoms with Gasteiger partial charge in [-0.1, -0.05) is 69.3 Å². The summed E-state index contributed by atoms with van der Waals surface area (Å²) in [4.78, 5) is 0. The van der Waals surface area contributed by atoms with Crippen LogP contribution in [0.25, 0.3) is 0 Å². The molecule has 0 aromatic carbocycles. The van der Waals surface area contributed by atoms with Gasteiger partial charge in [0.25, 0.3) is 0 Å². The molecule has 108 valence electrons. The summed E-state index contributed by atoms with van der Waals surface area (Å²) < 4.78 is 0.116. The van der Waals surface area contributed by atoms with Gasteiger partial charge >= 0.3 is 0 Å². The Labute approximate surface area is 122 Å². The summed E-state index contributed by atoms with van der Waals surface area (Å²) in [6.45, 7) is 9.33. The molecule has 1 N–H and O–H groups in total. The van der Waals surface area contributed by atoms with Crippen LogP contribution in [-0.4, -0.2) is 16.0 Å². The molecule has 1 fully saturated rings. The van der Waals surface area contributed by atoms with Crippen molar-refractivity contribution >= 4 is 15.9 Å². The van der Waals surface area contributed by atoms with Crippen LogP contribution in [0.1, 0.15) is 72.6 Å². The number of alkyl halides is 1. The van der Waals surface area contributed by atoms with E-state index in [-0.39, 0.29) is 16.3 Å². The number of rotatable bonds is 6. The molecule has 0 radical (unpaired) electrons. The SMILES string of the molecule is CCCCC(Br)(C1CCC(C)CC1)C(C)(C)CO. The van der Waals surface area contributed by atoms with E-state index in [4.69, 9.17) is 0 Å². The van der Waals surface area contributed by atoms with E-state index >= 15 is 0 Å². The lowest BCUT2D eigenvalue weighted by molar-refractivity contribution is 0.0642. The monoisotopic (exact) mass is 318 g/mol. The molecule has 1 atom stereocenters. The van der Waals surface area contributed by atoms with E-state index in [9.17, 15) is 5.11 Å². The molecular formula is C16H31BrO. The smallest absolute Gasteiger partial charge is 0.0495 e. The van der Waals surface area contributed by atoms with Crippen LogP contribution >= 0.6 is 15.9 Å². The largest absolute Gasteiger partial charge is 0.396 e. The zero-order chi connectivity index (χ0) is 13.8. The van der Waals surface area contributed by atoms with Gasteiger partial charge in [0.05, 0.1) is 0 Å². The van der Waals surface area contributed by atoms with Gasteiger partial charge < -0.3 is 5.11 Å². The van der Waals surface area contributed by atoms with Crippen molar-refractivity contribution in [3.05, 3.63) is 0 Å². The molecule has 2 heteroatoms. The van der Waals surface area contributed by atoms with Gasteiger partial charge in [-0.25, -0.2) is 0 Å². The molecule has 0 aromatic heterocycles. The van der Waals surface area contributed by atoms with E-state index in [2.05, 4.69) is 43.6 Å². The van der Waals surface area contributed by atoms with Crippen LogP contribution in [0, 0.1) is 17.3 Å². The number of halogens is 1. The van der Waals surface area contributed by atoms with Crippen molar-refractivity contribution < 1.29 is 5.11 Å². The molecule has 1 saturated carbocycles. The third kappa shape index (κ3) is 3.50. The maximum absolute atomic E-state index is 9.78. The van der Waals surface area contributed by atoms with Crippen molar-refractivity contribution in [1.82, 2.24) is 0 Å². The fraction of sp³-hybridized carbons (Fsp3) is 1.00. The minimum absolute atomic E-state index is 0.0343. The van der Waals surface area contributed by atoms with Crippen molar-refractivity contribution in [2.45, 2.75) is 77.0 Å². The first kappa shape index (κ1) is 16.5. The fourth-order valence-electron chi connectivity index (χ4n) is 3.38. The Bertz CT molecular complexity index is 243. The molecule has 1 unspecified atom stereocenters. The van der Waals surface area contributed by atoms with Gasteiger partial charge in [0.15, 0.2) is 0 Å². The fourth-order valence-corrected chi connectivity index (χ4v) is 4.24. The van der Waals surface area contributed by atoms with Gasteiger partial charge in [-0.05, 0) is 31.1 Å². The molecule has 1 aliphatic rings. The highest BCUT2D eigenvalue weighted by Crippen LogP contribution is 2.52. The van der Waals surface area contributed by atoms with Crippen molar-refractivity contribution in [3.63, 3.8) is 0 Å². The Morgan fingerprint density at radius 2 is 1.72 bits per heavy atom.